The molecule has 0 spiro atoms. The van der Waals surface area contributed by atoms with Gasteiger partial charge in [0.25, 0.3) is 0 Å². The number of hydrogen-bond donors (Lipinski definition) is 3. The van der Waals surface area contributed by atoms with Gasteiger partial charge in [0.1, 0.15) is 6.10 Å². The Hall–Kier alpha value is -1.14. The van der Waals surface area contributed by atoms with Gasteiger partial charge in [-0.2, -0.15) is 4.98 Å². The molecule has 0 radical (unpaired) electrons. The van der Waals surface area contributed by atoms with E-state index in [1.54, 1.807) is 6.92 Å². The molecule has 0 aromatic carbocycles. The van der Waals surface area contributed by atoms with E-state index >= 15 is 0 Å². The summed E-state index contributed by atoms with van der Waals surface area (Å²) in [6, 6.07) is 0. The molecule has 2 rings (SSSR count). The minimum Gasteiger partial charge on any atom is -0.385 e. The number of hydrogen-bond acceptors (Lipinski definition) is 5. The van der Waals surface area contributed by atoms with Gasteiger partial charge in [0, 0.05) is 13.1 Å². The number of nitrogens with two attached hydrogens (primary N) is 1. The summed E-state index contributed by atoms with van der Waals surface area (Å²) >= 11 is 0. The van der Waals surface area contributed by atoms with E-state index in [9.17, 15) is 5.11 Å². The Balaban J connectivity index is 1.97. The number of nitrogens with zero attached hydrogens (tertiary/aromatic N) is 3. The Morgan fingerprint density at radius 3 is 2.75 bits per heavy atom. The molecule has 0 saturated carbocycles. The van der Waals surface area contributed by atoms with E-state index in [0.717, 1.165) is 32.5 Å². The van der Waals surface area contributed by atoms with Gasteiger partial charge in [0.2, 0.25) is 5.95 Å². The molecule has 1 aliphatic heterocycles. The van der Waals surface area contributed by atoms with Crippen LogP contribution in [0.3, 0.4) is 0 Å². The van der Waals surface area contributed by atoms with Crippen molar-refractivity contribution in [3.63, 3.8) is 0 Å². The van der Waals surface area contributed by atoms with Crippen molar-refractivity contribution in [2.24, 2.45) is 11.7 Å². The first-order valence-corrected chi connectivity index (χ1v) is 5.76. The summed E-state index contributed by atoms with van der Waals surface area (Å²) < 4.78 is 0. The topological polar surface area (TPSA) is 91.1 Å². The molecule has 2 heterocycles. The lowest BCUT2D eigenvalue weighted by atomic mass is 9.97. The largest absolute Gasteiger partial charge is 0.385 e. The van der Waals surface area contributed by atoms with Crippen molar-refractivity contribution in [1.82, 2.24) is 15.2 Å². The van der Waals surface area contributed by atoms with Crippen LogP contribution >= 0.6 is 0 Å². The van der Waals surface area contributed by atoms with Crippen molar-refractivity contribution in [3.05, 3.63) is 5.82 Å². The van der Waals surface area contributed by atoms with Crippen LogP contribution in [0.1, 0.15) is 31.7 Å². The van der Waals surface area contributed by atoms with E-state index in [-0.39, 0.29) is 0 Å². The lowest BCUT2D eigenvalue weighted by Gasteiger charge is -2.30. The van der Waals surface area contributed by atoms with Gasteiger partial charge in [-0.3, -0.25) is 5.10 Å². The number of aromatic amines is 1. The summed E-state index contributed by atoms with van der Waals surface area (Å²) in [5.74, 6) is 1.84. The highest BCUT2D eigenvalue weighted by atomic mass is 16.3. The fourth-order valence-corrected chi connectivity index (χ4v) is 1.96. The normalized spacial score (nSPS) is 20.1. The number of anilines is 1. The van der Waals surface area contributed by atoms with E-state index < -0.39 is 6.10 Å². The van der Waals surface area contributed by atoms with Gasteiger partial charge in [-0.05, 0) is 32.2 Å². The van der Waals surface area contributed by atoms with E-state index in [1.165, 1.54) is 0 Å². The van der Waals surface area contributed by atoms with Crippen molar-refractivity contribution < 1.29 is 5.11 Å². The van der Waals surface area contributed by atoms with E-state index in [4.69, 9.17) is 5.73 Å². The van der Waals surface area contributed by atoms with E-state index in [1.807, 2.05) is 0 Å². The van der Waals surface area contributed by atoms with Crippen LogP contribution in [0.5, 0.6) is 0 Å². The molecule has 1 aliphatic rings. The van der Waals surface area contributed by atoms with Crippen LogP contribution in [0.15, 0.2) is 0 Å². The molecule has 0 aliphatic carbocycles. The maximum absolute atomic E-state index is 9.35. The molecular weight excluding hydrogens is 206 g/mol. The molecule has 1 fully saturated rings. The first kappa shape index (κ1) is 11.3. The number of H-pyrrole nitrogens is 1. The third-order valence-corrected chi connectivity index (χ3v) is 3.12. The quantitative estimate of drug-likeness (QED) is 0.675. The van der Waals surface area contributed by atoms with Crippen LogP contribution in [0, 0.1) is 5.92 Å². The van der Waals surface area contributed by atoms with Crippen molar-refractivity contribution in [1.29, 1.82) is 0 Å². The number of aliphatic hydroxyl groups excluding tert-OH is 1. The Morgan fingerprint density at radius 1 is 1.56 bits per heavy atom. The van der Waals surface area contributed by atoms with Crippen LogP contribution in [0.4, 0.5) is 5.95 Å². The summed E-state index contributed by atoms with van der Waals surface area (Å²) in [4.78, 5) is 6.40. The highest BCUT2D eigenvalue weighted by Gasteiger charge is 2.21. The Bertz CT molecular complexity index is 330. The lowest BCUT2D eigenvalue weighted by Crippen LogP contribution is -2.36. The van der Waals surface area contributed by atoms with Crippen molar-refractivity contribution in [2.75, 3.05) is 24.5 Å². The molecule has 6 heteroatoms. The minimum absolute atomic E-state index is 0.524. The second-order valence-corrected chi connectivity index (χ2v) is 4.36. The van der Waals surface area contributed by atoms with Gasteiger partial charge in [-0.1, -0.05) is 0 Å². The molecule has 1 saturated heterocycles. The molecule has 16 heavy (non-hydrogen) atoms. The number of nitrogens with one attached hydrogen (secondary N) is 1. The van der Waals surface area contributed by atoms with Crippen LogP contribution < -0.4 is 10.6 Å². The first-order chi connectivity index (χ1) is 7.70. The van der Waals surface area contributed by atoms with Gasteiger partial charge in [0.05, 0.1) is 0 Å². The van der Waals surface area contributed by atoms with Crippen molar-refractivity contribution in [2.45, 2.75) is 25.9 Å². The van der Waals surface area contributed by atoms with E-state index in [2.05, 4.69) is 20.1 Å². The molecule has 90 valence electrons. The van der Waals surface area contributed by atoms with Gasteiger partial charge in [-0.15, -0.1) is 5.10 Å². The number of piperidine rings is 1. The molecular formula is C10H19N5O. The molecule has 1 unspecified atom stereocenters. The minimum atomic E-state index is -0.595. The molecule has 1 atom stereocenters. The SMILES string of the molecule is CC(O)c1nc(N2CCC(CN)CC2)n[nH]1. The maximum atomic E-state index is 9.35. The van der Waals surface area contributed by atoms with Gasteiger partial charge < -0.3 is 15.7 Å². The third-order valence-electron chi connectivity index (χ3n) is 3.12. The second kappa shape index (κ2) is 4.80. The Labute approximate surface area is 94.9 Å². The Kier molecular flexibility index (Phi) is 3.40. The first-order valence-electron chi connectivity index (χ1n) is 5.76. The molecule has 1 aromatic rings. The van der Waals surface area contributed by atoms with Crippen LogP contribution in [0.2, 0.25) is 0 Å². The Morgan fingerprint density at radius 2 is 2.25 bits per heavy atom. The highest BCUT2D eigenvalue weighted by molar-refractivity contribution is 5.29. The van der Waals surface area contributed by atoms with Crippen LogP contribution in [-0.4, -0.2) is 39.9 Å². The van der Waals surface area contributed by atoms with Gasteiger partial charge in [0.15, 0.2) is 5.82 Å². The number of aromatic nitrogens is 3. The smallest absolute Gasteiger partial charge is 0.244 e. The van der Waals surface area contributed by atoms with Crippen molar-refractivity contribution >= 4 is 5.95 Å². The zero-order chi connectivity index (χ0) is 11.5. The standard InChI is InChI=1S/C10H19N5O/c1-7(16)9-12-10(14-13-9)15-4-2-8(6-11)3-5-15/h7-8,16H,2-6,11H2,1H3,(H,12,13,14). The van der Waals surface area contributed by atoms with Crippen LogP contribution in [0.25, 0.3) is 0 Å². The lowest BCUT2D eigenvalue weighted by molar-refractivity contribution is 0.189. The summed E-state index contributed by atoms with van der Waals surface area (Å²) in [7, 11) is 0. The average Bonchev–Trinajstić information content (AvgIpc) is 2.78. The zero-order valence-electron chi connectivity index (χ0n) is 9.56. The number of aliphatic hydroxyl groups is 1. The van der Waals surface area contributed by atoms with Crippen molar-refractivity contribution in [3.8, 4) is 0 Å². The molecule has 6 nitrogen and oxygen atoms in total. The summed E-state index contributed by atoms with van der Waals surface area (Å²) in [5, 5.41) is 16.2. The van der Waals surface area contributed by atoms with Gasteiger partial charge >= 0.3 is 0 Å². The summed E-state index contributed by atoms with van der Waals surface area (Å²) in [6.45, 7) is 4.32. The maximum Gasteiger partial charge on any atom is 0.244 e. The summed E-state index contributed by atoms with van der Waals surface area (Å²) in [6.07, 6.45) is 1.59. The molecule has 4 N–H and O–H groups in total. The van der Waals surface area contributed by atoms with E-state index in [0.29, 0.717) is 17.7 Å². The fourth-order valence-electron chi connectivity index (χ4n) is 1.96. The molecule has 0 amide bonds. The predicted molar refractivity (Wildman–Crippen MR) is 61.0 cm³/mol. The van der Waals surface area contributed by atoms with Gasteiger partial charge in [-0.25, -0.2) is 0 Å². The summed E-state index contributed by atoms with van der Waals surface area (Å²) in [5.41, 5.74) is 5.64. The average molecular weight is 225 g/mol. The second-order valence-electron chi connectivity index (χ2n) is 4.36. The third kappa shape index (κ3) is 2.33. The molecule has 1 aromatic heterocycles. The fraction of sp³-hybridized carbons (Fsp3) is 0.800. The highest BCUT2D eigenvalue weighted by Crippen LogP contribution is 2.20. The van der Waals surface area contributed by atoms with Crippen LogP contribution in [-0.2, 0) is 0 Å². The predicted octanol–water partition coefficient (Wildman–Crippen LogP) is 0.0331. The molecule has 0 bridgehead atoms. The number of rotatable bonds is 3. The monoisotopic (exact) mass is 225 g/mol. The zero-order valence-corrected chi connectivity index (χ0v) is 9.56.